The molecule has 1 N–H and O–H groups in total. The number of rotatable bonds is 3. The van der Waals surface area contributed by atoms with E-state index in [-0.39, 0.29) is 23.5 Å². The SMILES string of the molecule is O=Cc1ccnc(NC(=O)C2CC2)n1. The van der Waals surface area contributed by atoms with Gasteiger partial charge in [-0.3, -0.25) is 14.9 Å². The van der Waals surface area contributed by atoms with Crippen LogP contribution < -0.4 is 5.32 Å². The second-order valence-electron chi connectivity index (χ2n) is 3.19. The highest BCUT2D eigenvalue weighted by molar-refractivity contribution is 5.92. The summed E-state index contributed by atoms with van der Waals surface area (Å²) < 4.78 is 0. The van der Waals surface area contributed by atoms with Crippen molar-refractivity contribution in [1.82, 2.24) is 9.97 Å². The molecule has 0 aliphatic heterocycles. The fourth-order valence-corrected chi connectivity index (χ4v) is 1.06. The number of carbonyl (C=O) groups excluding carboxylic acids is 2. The van der Waals surface area contributed by atoms with Crippen LogP contribution in [0.4, 0.5) is 5.95 Å². The van der Waals surface area contributed by atoms with E-state index in [4.69, 9.17) is 0 Å². The van der Waals surface area contributed by atoms with Gasteiger partial charge in [0, 0.05) is 12.1 Å². The molecule has 2 rings (SSSR count). The molecule has 1 aliphatic carbocycles. The van der Waals surface area contributed by atoms with Crippen LogP contribution in [0.5, 0.6) is 0 Å². The van der Waals surface area contributed by atoms with Gasteiger partial charge >= 0.3 is 0 Å². The number of nitrogens with one attached hydrogen (secondary N) is 1. The van der Waals surface area contributed by atoms with E-state index in [9.17, 15) is 9.59 Å². The maximum atomic E-state index is 11.3. The second-order valence-corrected chi connectivity index (χ2v) is 3.19. The van der Waals surface area contributed by atoms with E-state index >= 15 is 0 Å². The zero-order chi connectivity index (χ0) is 9.97. The standard InChI is InChI=1S/C9H9N3O2/c13-5-7-3-4-10-9(11-7)12-8(14)6-1-2-6/h3-6H,1-2H2,(H,10,11,12,14). The number of carbonyl (C=O) groups is 2. The van der Waals surface area contributed by atoms with Gasteiger partial charge in [-0.2, -0.15) is 0 Å². The molecule has 0 atom stereocenters. The van der Waals surface area contributed by atoms with Gasteiger partial charge in [0.2, 0.25) is 11.9 Å². The van der Waals surface area contributed by atoms with Crippen LogP contribution >= 0.6 is 0 Å². The quantitative estimate of drug-likeness (QED) is 0.711. The summed E-state index contributed by atoms with van der Waals surface area (Å²) in [5.41, 5.74) is 0.270. The summed E-state index contributed by atoms with van der Waals surface area (Å²) in [7, 11) is 0. The molecule has 1 aromatic heterocycles. The first-order valence-corrected chi connectivity index (χ1v) is 4.38. The highest BCUT2D eigenvalue weighted by atomic mass is 16.2. The lowest BCUT2D eigenvalue weighted by Crippen LogP contribution is -2.15. The summed E-state index contributed by atoms with van der Waals surface area (Å²) in [6.45, 7) is 0. The molecule has 1 aliphatic rings. The minimum atomic E-state index is -0.0620. The van der Waals surface area contributed by atoms with E-state index in [0.717, 1.165) is 12.8 Å². The number of amides is 1. The lowest BCUT2D eigenvalue weighted by Gasteiger charge is -2.01. The van der Waals surface area contributed by atoms with Crippen LogP contribution in [-0.2, 0) is 4.79 Å². The van der Waals surface area contributed by atoms with Crippen molar-refractivity contribution in [3.8, 4) is 0 Å². The largest absolute Gasteiger partial charge is 0.296 e. The maximum Gasteiger partial charge on any atom is 0.230 e. The van der Waals surface area contributed by atoms with Crippen molar-refractivity contribution in [3.05, 3.63) is 18.0 Å². The molecule has 5 nitrogen and oxygen atoms in total. The Balaban J connectivity index is 2.07. The van der Waals surface area contributed by atoms with E-state index in [2.05, 4.69) is 15.3 Å². The van der Waals surface area contributed by atoms with Gasteiger partial charge in [-0.15, -0.1) is 0 Å². The van der Waals surface area contributed by atoms with Crippen LogP contribution in [-0.4, -0.2) is 22.2 Å². The highest BCUT2D eigenvalue weighted by Gasteiger charge is 2.29. The number of hydrogen-bond donors (Lipinski definition) is 1. The predicted molar refractivity (Wildman–Crippen MR) is 48.8 cm³/mol. The van der Waals surface area contributed by atoms with E-state index < -0.39 is 0 Å². The number of nitrogens with zero attached hydrogens (tertiary/aromatic N) is 2. The molecule has 1 saturated carbocycles. The van der Waals surface area contributed by atoms with Crippen molar-refractivity contribution in [2.75, 3.05) is 5.32 Å². The Kier molecular flexibility index (Phi) is 2.22. The van der Waals surface area contributed by atoms with Gasteiger partial charge in [-0.1, -0.05) is 0 Å². The fourth-order valence-electron chi connectivity index (χ4n) is 1.06. The van der Waals surface area contributed by atoms with Crippen LogP contribution in [0.2, 0.25) is 0 Å². The molecule has 0 aromatic carbocycles. The minimum Gasteiger partial charge on any atom is -0.296 e. The van der Waals surface area contributed by atoms with Gasteiger partial charge in [0.1, 0.15) is 5.69 Å². The Morgan fingerprint density at radius 3 is 3.00 bits per heavy atom. The maximum absolute atomic E-state index is 11.3. The zero-order valence-corrected chi connectivity index (χ0v) is 7.43. The molecule has 0 unspecified atom stereocenters. The molecule has 1 aromatic rings. The average Bonchev–Trinajstić information content (AvgIpc) is 3.01. The van der Waals surface area contributed by atoms with Gasteiger partial charge in [0.05, 0.1) is 0 Å². The molecule has 1 amide bonds. The van der Waals surface area contributed by atoms with E-state index in [0.29, 0.717) is 6.29 Å². The normalized spacial score (nSPS) is 14.9. The Bertz CT molecular complexity index is 374. The smallest absolute Gasteiger partial charge is 0.230 e. The van der Waals surface area contributed by atoms with Crippen molar-refractivity contribution in [2.24, 2.45) is 5.92 Å². The van der Waals surface area contributed by atoms with Crippen molar-refractivity contribution >= 4 is 18.1 Å². The average molecular weight is 191 g/mol. The van der Waals surface area contributed by atoms with Crippen molar-refractivity contribution in [1.29, 1.82) is 0 Å². The van der Waals surface area contributed by atoms with Crippen molar-refractivity contribution in [2.45, 2.75) is 12.8 Å². The molecule has 14 heavy (non-hydrogen) atoms. The molecular formula is C9H9N3O2. The number of aldehydes is 1. The number of anilines is 1. The summed E-state index contributed by atoms with van der Waals surface area (Å²) in [6.07, 6.45) is 3.92. The van der Waals surface area contributed by atoms with E-state index in [1.165, 1.54) is 12.3 Å². The van der Waals surface area contributed by atoms with Gasteiger partial charge in [-0.05, 0) is 18.9 Å². The first kappa shape index (κ1) is 8.80. The Morgan fingerprint density at radius 2 is 2.36 bits per heavy atom. The number of aromatic nitrogens is 2. The van der Waals surface area contributed by atoms with Gasteiger partial charge in [0.25, 0.3) is 0 Å². The molecule has 0 spiro atoms. The van der Waals surface area contributed by atoms with Crippen LogP contribution in [0.25, 0.3) is 0 Å². The van der Waals surface area contributed by atoms with Gasteiger partial charge in [-0.25, -0.2) is 9.97 Å². The molecular weight excluding hydrogens is 182 g/mol. The monoisotopic (exact) mass is 191 g/mol. The molecule has 0 radical (unpaired) electrons. The second kappa shape index (κ2) is 3.53. The summed E-state index contributed by atoms with van der Waals surface area (Å²) in [6, 6.07) is 1.49. The first-order valence-electron chi connectivity index (χ1n) is 4.38. The van der Waals surface area contributed by atoms with Crippen molar-refractivity contribution < 1.29 is 9.59 Å². The zero-order valence-electron chi connectivity index (χ0n) is 7.43. The topological polar surface area (TPSA) is 72.0 Å². The third-order valence-corrected chi connectivity index (χ3v) is 1.98. The Morgan fingerprint density at radius 1 is 1.57 bits per heavy atom. The molecule has 1 heterocycles. The van der Waals surface area contributed by atoms with Gasteiger partial charge < -0.3 is 0 Å². The highest BCUT2D eigenvalue weighted by Crippen LogP contribution is 2.29. The molecule has 0 bridgehead atoms. The lowest BCUT2D eigenvalue weighted by molar-refractivity contribution is -0.117. The molecule has 72 valence electrons. The third kappa shape index (κ3) is 1.93. The summed E-state index contributed by atoms with van der Waals surface area (Å²) in [4.78, 5) is 29.3. The fraction of sp³-hybridized carbons (Fsp3) is 0.333. The molecule has 1 fully saturated rings. The van der Waals surface area contributed by atoms with Crippen LogP contribution in [0.15, 0.2) is 12.3 Å². The Hall–Kier alpha value is -1.78. The van der Waals surface area contributed by atoms with Crippen molar-refractivity contribution in [3.63, 3.8) is 0 Å². The number of hydrogen-bond acceptors (Lipinski definition) is 4. The summed E-state index contributed by atoms with van der Waals surface area (Å²) in [5, 5.41) is 2.56. The van der Waals surface area contributed by atoms with E-state index in [1.807, 2.05) is 0 Å². The summed E-state index contributed by atoms with van der Waals surface area (Å²) in [5.74, 6) is 0.248. The molecule has 0 saturated heterocycles. The minimum absolute atomic E-state index is 0.0620. The Labute approximate surface area is 80.6 Å². The first-order chi connectivity index (χ1) is 6.79. The van der Waals surface area contributed by atoms with Gasteiger partial charge in [0.15, 0.2) is 6.29 Å². The summed E-state index contributed by atoms with van der Waals surface area (Å²) >= 11 is 0. The third-order valence-electron chi connectivity index (χ3n) is 1.98. The van der Waals surface area contributed by atoms with E-state index in [1.54, 1.807) is 0 Å². The van der Waals surface area contributed by atoms with Crippen LogP contribution in [0.1, 0.15) is 23.3 Å². The van der Waals surface area contributed by atoms with Crippen LogP contribution in [0, 0.1) is 5.92 Å². The predicted octanol–water partition coefficient (Wildman–Crippen LogP) is 0.638. The molecule has 5 heteroatoms. The van der Waals surface area contributed by atoms with Crippen LogP contribution in [0.3, 0.4) is 0 Å². The lowest BCUT2D eigenvalue weighted by atomic mass is 10.4.